The van der Waals surface area contributed by atoms with Gasteiger partial charge in [0.05, 0.1) is 20.3 Å². The lowest BCUT2D eigenvalue weighted by molar-refractivity contribution is 0.170. The highest BCUT2D eigenvalue weighted by atomic mass is 16.5. The van der Waals surface area contributed by atoms with E-state index < -0.39 is 6.10 Å². The highest BCUT2D eigenvalue weighted by Crippen LogP contribution is 2.29. The molecule has 0 aromatic heterocycles. The van der Waals surface area contributed by atoms with Gasteiger partial charge in [-0.15, -0.1) is 0 Å². The molecule has 0 bridgehead atoms. The number of methoxy groups -OCH3 is 2. The molecule has 1 atom stereocenters. The first-order valence-corrected chi connectivity index (χ1v) is 5.88. The predicted octanol–water partition coefficient (Wildman–Crippen LogP) is 1.49. The van der Waals surface area contributed by atoms with Crippen LogP contribution >= 0.6 is 0 Å². The molecular weight excluding hydrogens is 218 g/mol. The molecule has 0 spiro atoms. The fourth-order valence-electron chi connectivity index (χ4n) is 1.77. The van der Waals surface area contributed by atoms with Crippen LogP contribution in [0.4, 0.5) is 0 Å². The third kappa shape index (κ3) is 3.11. The third-order valence-corrected chi connectivity index (χ3v) is 2.98. The van der Waals surface area contributed by atoms with E-state index in [2.05, 4.69) is 5.32 Å². The molecule has 1 aromatic rings. The summed E-state index contributed by atoms with van der Waals surface area (Å²) in [4.78, 5) is 0. The lowest BCUT2D eigenvalue weighted by atomic mass is 10.1. The Bertz CT molecular complexity index is 377. The largest absolute Gasteiger partial charge is 0.497 e. The molecule has 0 saturated heterocycles. The van der Waals surface area contributed by atoms with Crippen molar-refractivity contribution in [3.8, 4) is 11.5 Å². The van der Waals surface area contributed by atoms with E-state index in [1.165, 1.54) is 12.8 Å². The summed E-state index contributed by atoms with van der Waals surface area (Å²) in [5, 5.41) is 13.4. The molecule has 4 nitrogen and oxygen atoms in total. The summed E-state index contributed by atoms with van der Waals surface area (Å²) in [7, 11) is 3.21. The molecule has 1 fully saturated rings. The molecule has 17 heavy (non-hydrogen) atoms. The van der Waals surface area contributed by atoms with E-state index in [0.29, 0.717) is 18.3 Å². The maximum atomic E-state index is 10.1. The SMILES string of the molecule is COc1ccc(C(O)CNC2CC2)c(OC)c1. The minimum atomic E-state index is -0.545. The van der Waals surface area contributed by atoms with Crippen LogP contribution in [0.3, 0.4) is 0 Å². The highest BCUT2D eigenvalue weighted by Gasteiger charge is 2.22. The molecule has 2 rings (SSSR count). The summed E-state index contributed by atoms with van der Waals surface area (Å²) in [5.74, 6) is 1.39. The van der Waals surface area contributed by atoms with E-state index in [1.54, 1.807) is 20.3 Å². The maximum absolute atomic E-state index is 10.1. The van der Waals surface area contributed by atoms with Gasteiger partial charge in [-0.1, -0.05) is 0 Å². The molecule has 1 aromatic carbocycles. The van der Waals surface area contributed by atoms with Gasteiger partial charge in [-0.25, -0.2) is 0 Å². The number of rotatable bonds is 6. The fourth-order valence-corrected chi connectivity index (χ4v) is 1.77. The number of aliphatic hydroxyl groups is 1. The third-order valence-electron chi connectivity index (χ3n) is 2.98. The second-order valence-corrected chi connectivity index (χ2v) is 4.31. The van der Waals surface area contributed by atoms with E-state index in [4.69, 9.17) is 9.47 Å². The summed E-state index contributed by atoms with van der Waals surface area (Å²) in [5.41, 5.74) is 0.793. The molecule has 94 valence electrons. The molecule has 2 N–H and O–H groups in total. The van der Waals surface area contributed by atoms with E-state index >= 15 is 0 Å². The standard InChI is InChI=1S/C13H19NO3/c1-16-10-5-6-11(13(7-10)17-2)12(15)8-14-9-3-4-9/h5-7,9,12,14-15H,3-4,8H2,1-2H3. The van der Waals surface area contributed by atoms with Crippen LogP contribution in [-0.4, -0.2) is 31.9 Å². The molecule has 1 aliphatic carbocycles. The zero-order valence-corrected chi connectivity index (χ0v) is 10.3. The predicted molar refractivity (Wildman–Crippen MR) is 65.5 cm³/mol. The normalized spacial score (nSPS) is 16.6. The first-order valence-electron chi connectivity index (χ1n) is 5.88. The second-order valence-electron chi connectivity index (χ2n) is 4.31. The van der Waals surface area contributed by atoms with E-state index in [0.717, 1.165) is 11.3 Å². The number of nitrogens with one attached hydrogen (secondary N) is 1. The van der Waals surface area contributed by atoms with Crippen LogP contribution in [0.25, 0.3) is 0 Å². The minimum Gasteiger partial charge on any atom is -0.497 e. The van der Waals surface area contributed by atoms with Crippen LogP contribution in [0.1, 0.15) is 24.5 Å². The van der Waals surface area contributed by atoms with Gasteiger partial charge in [0, 0.05) is 24.2 Å². The van der Waals surface area contributed by atoms with Crippen molar-refractivity contribution in [3.05, 3.63) is 23.8 Å². The Morgan fingerprint density at radius 2 is 2.12 bits per heavy atom. The smallest absolute Gasteiger partial charge is 0.128 e. The number of aliphatic hydroxyl groups excluding tert-OH is 1. The van der Waals surface area contributed by atoms with Gasteiger partial charge in [-0.3, -0.25) is 0 Å². The molecule has 0 amide bonds. The Labute approximate surface area is 102 Å². The van der Waals surface area contributed by atoms with Crippen molar-refractivity contribution in [2.45, 2.75) is 25.0 Å². The van der Waals surface area contributed by atoms with Crippen LogP contribution in [0, 0.1) is 0 Å². The van der Waals surface area contributed by atoms with Crippen molar-refractivity contribution >= 4 is 0 Å². The molecule has 1 aliphatic rings. The van der Waals surface area contributed by atoms with Gasteiger partial charge >= 0.3 is 0 Å². The van der Waals surface area contributed by atoms with Gasteiger partial charge in [-0.05, 0) is 25.0 Å². The molecule has 0 aliphatic heterocycles. The minimum absolute atomic E-state index is 0.545. The quantitative estimate of drug-likeness (QED) is 0.787. The van der Waals surface area contributed by atoms with Gasteiger partial charge in [0.15, 0.2) is 0 Å². The van der Waals surface area contributed by atoms with Gasteiger partial charge < -0.3 is 19.9 Å². The first-order chi connectivity index (χ1) is 8.24. The molecular formula is C13H19NO3. The second kappa shape index (κ2) is 5.38. The monoisotopic (exact) mass is 237 g/mol. The Hall–Kier alpha value is -1.26. The van der Waals surface area contributed by atoms with Gasteiger partial charge in [-0.2, -0.15) is 0 Å². The molecule has 0 heterocycles. The number of benzene rings is 1. The van der Waals surface area contributed by atoms with Gasteiger partial charge in [0.2, 0.25) is 0 Å². The molecule has 1 saturated carbocycles. The summed E-state index contributed by atoms with van der Waals surface area (Å²) in [6, 6.07) is 6.05. The van der Waals surface area contributed by atoms with Crippen molar-refractivity contribution in [3.63, 3.8) is 0 Å². The number of hydrogen-bond donors (Lipinski definition) is 2. The lowest BCUT2D eigenvalue weighted by Crippen LogP contribution is -2.23. The zero-order chi connectivity index (χ0) is 12.3. The van der Waals surface area contributed by atoms with Crippen molar-refractivity contribution < 1.29 is 14.6 Å². The Morgan fingerprint density at radius 3 is 2.71 bits per heavy atom. The lowest BCUT2D eigenvalue weighted by Gasteiger charge is -2.16. The van der Waals surface area contributed by atoms with Crippen LogP contribution in [0.2, 0.25) is 0 Å². The number of ether oxygens (including phenoxy) is 2. The molecule has 1 unspecified atom stereocenters. The van der Waals surface area contributed by atoms with Crippen molar-refractivity contribution in [1.82, 2.24) is 5.32 Å². The summed E-state index contributed by atoms with van der Waals surface area (Å²) >= 11 is 0. The summed E-state index contributed by atoms with van der Waals surface area (Å²) in [6.45, 7) is 0.563. The molecule has 0 radical (unpaired) electrons. The van der Waals surface area contributed by atoms with E-state index in [-0.39, 0.29) is 0 Å². The van der Waals surface area contributed by atoms with Crippen LogP contribution in [-0.2, 0) is 0 Å². The molecule has 4 heteroatoms. The number of hydrogen-bond acceptors (Lipinski definition) is 4. The highest BCUT2D eigenvalue weighted by molar-refractivity contribution is 5.42. The van der Waals surface area contributed by atoms with Crippen LogP contribution in [0.15, 0.2) is 18.2 Å². The van der Waals surface area contributed by atoms with Crippen molar-refractivity contribution in [2.75, 3.05) is 20.8 Å². The Kier molecular flexibility index (Phi) is 3.86. The van der Waals surface area contributed by atoms with Gasteiger partial charge in [0.25, 0.3) is 0 Å². The van der Waals surface area contributed by atoms with E-state index in [9.17, 15) is 5.11 Å². The van der Waals surface area contributed by atoms with Crippen molar-refractivity contribution in [1.29, 1.82) is 0 Å². The zero-order valence-electron chi connectivity index (χ0n) is 10.3. The first kappa shape index (κ1) is 12.2. The van der Waals surface area contributed by atoms with Crippen LogP contribution < -0.4 is 14.8 Å². The summed E-state index contributed by atoms with van der Waals surface area (Å²) in [6.07, 6.45) is 1.88. The maximum Gasteiger partial charge on any atom is 0.128 e. The summed E-state index contributed by atoms with van der Waals surface area (Å²) < 4.78 is 10.4. The topological polar surface area (TPSA) is 50.7 Å². The fraction of sp³-hybridized carbons (Fsp3) is 0.538. The average molecular weight is 237 g/mol. The Morgan fingerprint density at radius 1 is 1.35 bits per heavy atom. The average Bonchev–Trinajstić information content (AvgIpc) is 3.19. The van der Waals surface area contributed by atoms with Gasteiger partial charge in [0.1, 0.15) is 11.5 Å². The van der Waals surface area contributed by atoms with Crippen molar-refractivity contribution in [2.24, 2.45) is 0 Å². The Balaban J connectivity index is 2.06. The van der Waals surface area contributed by atoms with E-state index in [1.807, 2.05) is 12.1 Å². The van der Waals surface area contributed by atoms with Crippen LogP contribution in [0.5, 0.6) is 11.5 Å².